The minimum absolute atomic E-state index is 0.189. The molecule has 0 heterocycles. The van der Waals surface area contributed by atoms with E-state index in [2.05, 4.69) is 45.1 Å². The van der Waals surface area contributed by atoms with Crippen LogP contribution < -0.4 is 5.32 Å². The topological polar surface area (TPSA) is 38.3 Å². The maximum Gasteiger partial charge on any atom is 0.327 e. The fourth-order valence-corrected chi connectivity index (χ4v) is 2.46. The number of carbonyl (C=O) groups excluding carboxylic acids is 1. The summed E-state index contributed by atoms with van der Waals surface area (Å²) in [7, 11) is 0. The second-order valence-electron chi connectivity index (χ2n) is 4.95. The number of benzene rings is 1. The van der Waals surface area contributed by atoms with Crippen molar-refractivity contribution >= 4 is 5.97 Å². The van der Waals surface area contributed by atoms with Crippen molar-refractivity contribution in [3.8, 4) is 0 Å². The summed E-state index contributed by atoms with van der Waals surface area (Å²) in [6, 6.07) is 3.87. The van der Waals surface area contributed by atoms with E-state index in [9.17, 15) is 4.79 Å². The highest BCUT2D eigenvalue weighted by Crippen LogP contribution is 2.24. The molecule has 1 N–H and O–H groups in total. The Kier molecular flexibility index (Phi) is 6.03. The van der Waals surface area contributed by atoms with E-state index in [1.54, 1.807) is 0 Å². The summed E-state index contributed by atoms with van der Waals surface area (Å²) in [6.07, 6.45) is 0.986. The molecular formula is C16H25NO2. The first-order valence-electron chi connectivity index (χ1n) is 6.99. The van der Waals surface area contributed by atoms with Crippen molar-refractivity contribution in [2.75, 3.05) is 13.2 Å². The summed E-state index contributed by atoms with van der Waals surface area (Å²) in [4.78, 5) is 12.2. The van der Waals surface area contributed by atoms with E-state index in [-0.39, 0.29) is 12.0 Å². The van der Waals surface area contributed by atoms with Crippen LogP contribution in [0.3, 0.4) is 0 Å². The van der Waals surface area contributed by atoms with Crippen molar-refractivity contribution in [3.05, 3.63) is 34.4 Å². The Bertz CT molecular complexity index is 417. The molecule has 1 aromatic rings. The largest absolute Gasteiger partial charge is 0.465 e. The van der Waals surface area contributed by atoms with Crippen molar-refractivity contribution in [1.29, 1.82) is 0 Å². The van der Waals surface area contributed by atoms with Crippen molar-refractivity contribution in [1.82, 2.24) is 5.32 Å². The molecule has 3 heteroatoms. The normalized spacial score (nSPS) is 12.3. The molecule has 1 atom stereocenters. The molecular weight excluding hydrogens is 238 g/mol. The maximum absolute atomic E-state index is 12.2. The van der Waals surface area contributed by atoms with Crippen LogP contribution in [0.25, 0.3) is 0 Å². The molecule has 0 radical (unpaired) electrons. The zero-order valence-electron chi connectivity index (χ0n) is 12.7. The Hall–Kier alpha value is -1.35. The van der Waals surface area contributed by atoms with Crippen LogP contribution in [0.2, 0.25) is 0 Å². The highest BCUT2D eigenvalue weighted by atomic mass is 16.5. The SMILES string of the molecule is CCCNC(C(=O)OCC)c1c(C)cc(C)cc1C. The second-order valence-corrected chi connectivity index (χ2v) is 4.95. The number of carbonyl (C=O) groups is 1. The fraction of sp³-hybridized carbons (Fsp3) is 0.562. The van der Waals surface area contributed by atoms with Crippen molar-refractivity contribution in [2.24, 2.45) is 0 Å². The van der Waals surface area contributed by atoms with Gasteiger partial charge in [-0.05, 0) is 57.4 Å². The minimum Gasteiger partial charge on any atom is -0.465 e. The minimum atomic E-state index is -0.361. The summed E-state index contributed by atoms with van der Waals surface area (Å²) in [5, 5.41) is 3.30. The molecule has 0 aromatic heterocycles. The molecule has 3 nitrogen and oxygen atoms in total. The Labute approximate surface area is 116 Å². The first-order valence-corrected chi connectivity index (χ1v) is 6.99. The zero-order chi connectivity index (χ0) is 14.4. The lowest BCUT2D eigenvalue weighted by Gasteiger charge is -2.21. The highest BCUT2D eigenvalue weighted by Gasteiger charge is 2.24. The van der Waals surface area contributed by atoms with Gasteiger partial charge in [0.15, 0.2) is 0 Å². The standard InChI is InChI=1S/C16H25NO2/c1-6-8-17-15(16(18)19-7-2)14-12(4)9-11(3)10-13(14)5/h9-10,15,17H,6-8H2,1-5H3. The molecule has 0 aliphatic carbocycles. The monoisotopic (exact) mass is 263 g/mol. The predicted octanol–water partition coefficient (Wildman–Crippen LogP) is 3.22. The van der Waals surface area contributed by atoms with E-state index in [1.807, 2.05) is 6.92 Å². The number of ether oxygens (including phenoxy) is 1. The number of esters is 1. The summed E-state index contributed by atoms with van der Waals surface area (Å²) >= 11 is 0. The number of hydrogen-bond acceptors (Lipinski definition) is 3. The lowest BCUT2D eigenvalue weighted by molar-refractivity contribution is -0.145. The molecule has 0 bridgehead atoms. The maximum atomic E-state index is 12.2. The van der Waals surface area contributed by atoms with E-state index in [4.69, 9.17) is 4.74 Å². The third-order valence-corrected chi connectivity index (χ3v) is 3.15. The van der Waals surface area contributed by atoms with E-state index in [1.165, 1.54) is 5.56 Å². The molecule has 1 rings (SSSR count). The van der Waals surface area contributed by atoms with E-state index >= 15 is 0 Å². The first kappa shape index (κ1) is 15.7. The van der Waals surface area contributed by atoms with Crippen LogP contribution in [0, 0.1) is 20.8 Å². The van der Waals surface area contributed by atoms with Gasteiger partial charge in [-0.3, -0.25) is 0 Å². The Morgan fingerprint density at radius 1 is 1.21 bits per heavy atom. The average molecular weight is 263 g/mol. The number of rotatable bonds is 6. The van der Waals surface area contributed by atoms with Crippen molar-refractivity contribution in [3.63, 3.8) is 0 Å². The number of nitrogens with one attached hydrogen (secondary N) is 1. The quantitative estimate of drug-likeness (QED) is 0.801. The second kappa shape index (κ2) is 7.29. The lowest BCUT2D eigenvalue weighted by Crippen LogP contribution is -2.32. The summed E-state index contributed by atoms with van der Waals surface area (Å²) in [6.45, 7) is 11.3. The Morgan fingerprint density at radius 2 is 1.79 bits per heavy atom. The summed E-state index contributed by atoms with van der Waals surface area (Å²) < 4.78 is 5.19. The van der Waals surface area contributed by atoms with Gasteiger partial charge in [-0.15, -0.1) is 0 Å². The molecule has 0 saturated heterocycles. The molecule has 0 spiro atoms. The molecule has 0 aliphatic rings. The fourth-order valence-electron chi connectivity index (χ4n) is 2.46. The third-order valence-electron chi connectivity index (χ3n) is 3.15. The number of hydrogen-bond donors (Lipinski definition) is 1. The highest BCUT2D eigenvalue weighted by molar-refractivity contribution is 5.78. The Balaban J connectivity index is 3.13. The van der Waals surface area contributed by atoms with Gasteiger partial charge in [0.2, 0.25) is 0 Å². The average Bonchev–Trinajstić information content (AvgIpc) is 2.32. The summed E-state index contributed by atoms with van der Waals surface area (Å²) in [5.74, 6) is -0.189. The van der Waals surface area contributed by atoms with Gasteiger partial charge in [-0.25, -0.2) is 4.79 Å². The summed E-state index contributed by atoms with van der Waals surface area (Å²) in [5.41, 5.74) is 4.55. The van der Waals surface area contributed by atoms with Crippen LogP contribution in [-0.4, -0.2) is 19.1 Å². The molecule has 0 amide bonds. The molecule has 19 heavy (non-hydrogen) atoms. The van der Waals surface area contributed by atoms with E-state index in [0.717, 1.165) is 29.7 Å². The van der Waals surface area contributed by atoms with Gasteiger partial charge in [-0.1, -0.05) is 24.6 Å². The van der Waals surface area contributed by atoms with Crippen LogP contribution in [0.4, 0.5) is 0 Å². The van der Waals surface area contributed by atoms with Gasteiger partial charge in [0.05, 0.1) is 6.61 Å². The molecule has 1 aromatic carbocycles. The van der Waals surface area contributed by atoms with Crippen LogP contribution in [0.1, 0.15) is 48.6 Å². The first-order chi connectivity index (χ1) is 9.01. The van der Waals surface area contributed by atoms with Crippen LogP contribution >= 0.6 is 0 Å². The van der Waals surface area contributed by atoms with E-state index < -0.39 is 0 Å². The zero-order valence-corrected chi connectivity index (χ0v) is 12.7. The molecule has 1 unspecified atom stereocenters. The van der Waals surface area contributed by atoms with Crippen LogP contribution in [-0.2, 0) is 9.53 Å². The van der Waals surface area contributed by atoms with Crippen molar-refractivity contribution in [2.45, 2.75) is 47.1 Å². The predicted molar refractivity (Wildman–Crippen MR) is 78.3 cm³/mol. The van der Waals surface area contributed by atoms with Crippen molar-refractivity contribution < 1.29 is 9.53 Å². The van der Waals surface area contributed by atoms with Gasteiger partial charge in [-0.2, -0.15) is 0 Å². The molecule has 0 aliphatic heterocycles. The molecule has 106 valence electrons. The third kappa shape index (κ3) is 4.06. The Morgan fingerprint density at radius 3 is 2.26 bits per heavy atom. The number of aryl methyl sites for hydroxylation is 3. The van der Waals surface area contributed by atoms with Crippen LogP contribution in [0.15, 0.2) is 12.1 Å². The van der Waals surface area contributed by atoms with E-state index in [0.29, 0.717) is 6.61 Å². The van der Waals surface area contributed by atoms with Gasteiger partial charge >= 0.3 is 5.97 Å². The molecule has 0 saturated carbocycles. The van der Waals surface area contributed by atoms with Gasteiger partial charge in [0.25, 0.3) is 0 Å². The lowest BCUT2D eigenvalue weighted by atomic mass is 9.94. The van der Waals surface area contributed by atoms with Gasteiger partial charge in [0.1, 0.15) is 6.04 Å². The smallest absolute Gasteiger partial charge is 0.327 e. The van der Waals surface area contributed by atoms with Gasteiger partial charge in [0, 0.05) is 0 Å². The van der Waals surface area contributed by atoms with Crippen LogP contribution in [0.5, 0.6) is 0 Å². The van der Waals surface area contributed by atoms with Gasteiger partial charge < -0.3 is 10.1 Å². The molecule has 0 fully saturated rings.